The van der Waals surface area contributed by atoms with E-state index in [9.17, 15) is 9.59 Å². The SMILES string of the molecule is CCOC(=O)N1CCc2c(cncc2C(=O)n2c(C)nc3ccc(N)cc32)C1. The van der Waals surface area contributed by atoms with Crippen LogP contribution in [0.15, 0.2) is 30.6 Å². The average Bonchev–Trinajstić information content (AvgIpc) is 3.01. The van der Waals surface area contributed by atoms with Crippen molar-refractivity contribution in [2.24, 2.45) is 0 Å². The highest BCUT2D eigenvalue weighted by atomic mass is 16.6. The van der Waals surface area contributed by atoms with Crippen LogP contribution in [-0.4, -0.2) is 44.6 Å². The number of hydrogen-bond acceptors (Lipinski definition) is 6. The van der Waals surface area contributed by atoms with Crippen LogP contribution in [0.5, 0.6) is 0 Å². The molecular weight excluding hydrogens is 358 g/mol. The van der Waals surface area contributed by atoms with Crippen LogP contribution >= 0.6 is 0 Å². The molecule has 2 N–H and O–H groups in total. The van der Waals surface area contributed by atoms with Crippen LogP contribution < -0.4 is 5.73 Å². The first-order valence-electron chi connectivity index (χ1n) is 9.16. The molecule has 3 heterocycles. The molecule has 0 saturated carbocycles. The number of benzene rings is 1. The first kappa shape index (κ1) is 18.0. The Bertz CT molecular complexity index is 1090. The number of nitrogen functional groups attached to an aromatic ring is 1. The van der Waals surface area contributed by atoms with Gasteiger partial charge in [0.1, 0.15) is 5.82 Å². The van der Waals surface area contributed by atoms with Crippen molar-refractivity contribution < 1.29 is 14.3 Å². The molecule has 1 aliphatic rings. The van der Waals surface area contributed by atoms with E-state index in [1.54, 1.807) is 53.9 Å². The molecule has 1 aliphatic heterocycles. The molecule has 144 valence electrons. The van der Waals surface area contributed by atoms with Crippen molar-refractivity contribution in [3.63, 3.8) is 0 Å². The van der Waals surface area contributed by atoms with E-state index in [0.717, 1.165) is 11.1 Å². The number of aryl methyl sites for hydroxylation is 1. The number of carbonyl (C=O) groups excluding carboxylic acids is 2. The quantitative estimate of drug-likeness (QED) is 0.686. The highest BCUT2D eigenvalue weighted by Crippen LogP contribution is 2.25. The molecule has 0 aliphatic carbocycles. The van der Waals surface area contributed by atoms with E-state index in [-0.39, 0.29) is 12.0 Å². The number of aromatic nitrogens is 3. The Morgan fingerprint density at radius 1 is 1.29 bits per heavy atom. The normalized spacial score (nSPS) is 13.4. The van der Waals surface area contributed by atoms with Gasteiger partial charge in [-0.05, 0) is 49.6 Å². The molecular formula is C20H21N5O3. The van der Waals surface area contributed by atoms with Crippen molar-refractivity contribution >= 4 is 28.7 Å². The summed E-state index contributed by atoms with van der Waals surface area (Å²) < 4.78 is 6.65. The van der Waals surface area contributed by atoms with E-state index >= 15 is 0 Å². The summed E-state index contributed by atoms with van der Waals surface area (Å²) in [7, 11) is 0. The number of anilines is 1. The maximum atomic E-state index is 13.4. The Morgan fingerprint density at radius 2 is 2.11 bits per heavy atom. The largest absolute Gasteiger partial charge is 0.450 e. The third kappa shape index (κ3) is 2.96. The molecule has 1 aromatic carbocycles. The molecule has 8 nitrogen and oxygen atoms in total. The summed E-state index contributed by atoms with van der Waals surface area (Å²) in [6, 6.07) is 5.31. The molecule has 3 aromatic rings. The molecule has 0 fully saturated rings. The summed E-state index contributed by atoms with van der Waals surface area (Å²) in [6.45, 7) is 4.76. The van der Waals surface area contributed by atoms with Gasteiger partial charge in [0, 0.05) is 24.6 Å². The standard InChI is InChI=1S/C20H21N5O3/c1-3-28-20(27)24-7-6-15-13(11-24)9-22-10-16(15)19(26)25-12(2)23-17-5-4-14(21)8-18(17)25/h4-5,8-10H,3,6-7,11,21H2,1-2H3. The van der Waals surface area contributed by atoms with Gasteiger partial charge < -0.3 is 15.4 Å². The summed E-state index contributed by atoms with van der Waals surface area (Å²) >= 11 is 0. The highest BCUT2D eigenvalue weighted by Gasteiger charge is 2.27. The number of fused-ring (bicyclic) bond motifs is 2. The summed E-state index contributed by atoms with van der Waals surface area (Å²) in [5.41, 5.74) is 10.1. The maximum Gasteiger partial charge on any atom is 0.410 e. The number of nitrogens with two attached hydrogens (primary N) is 1. The van der Waals surface area contributed by atoms with Crippen LogP contribution in [0.25, 0.3) is 11.0 Å². The van der Waals surface area contributed by atoms with Gasteiger partial charge in [0.15, 0.2) is 0 Å². The number of carbonyl (C=O) groups is 2. The zero-order valence-corrected chi connectivity index (χ0v) is 15.8. The van der Waals surface area contributed by atoms with E-state index < -0.39 is 0 Å². The van der Waals surface area contributed by atoms with Crippen molar-refractivity contribution in [3.8, 4) is 0 Å². The van der Waals surface area contributed by atoms with Gasteiger partial charge in [-0.25, -0.2) is 9.78 Å². The minimum Gasteiger partial charge on any atom is -0.450 e. The second kappa shape index (κ2) is 6.95. The zero-order valence-electron chi connectivity index (χ0n) is 15.8. The monoisotopic (exact) mass is 379 g/mol. The zero-order chi connectivity index (χ0) is 19.8. The van der Waals surface area contributed by atoms with Crippen LogP contribution in [0.1, 0.15) is 34.2 Å². The predicted molar refractivity (Wildman–Crippen MR) is 104 cm³/mol. The van der Waals surface area contributed by atoms with Gasteiger partial charge >= 0.3 is 6.09 Å². The molecule has 0 spiro atoms. The number of amides is 1. The summed E-state index contributed by atoms with van der Waals surface area (Å²) in [5, 5.41) is 0. The predicted octanol–water partition coefficient (Wildman–Crippen LogP) is 2.53. The molecule has 0 unspecified atom stereocenters. The molecule has 28 heavy (non-hydrogen) atoms. The Kier molecular flexibility index (Phi) is 4.46. The van der Waals surface area contributed by atoms with Gasteiger partial charge in [-0.2, -0.15) is 0 Å². The second-order valence-corrected chi connectivity index (χ2v) is 6.74. The number of pyridine rings is 1. The third-order valence-electron chi connectivity index (χ3n) is 4.95. The van der Waals surface area contributed by atoms with Gasteiger partial charge in [-0.15, -0.1) is 0 Å². The average molecular weight is 379 g/mol. The fraction of sp³-hybridized carbons (Fsp3) is 0.300. The van der Waals surface area contributed by atoms with Crippen molar-refractivity contribution in [2.75, 3.05) is 18.9 Å². The van der Waals surface area contributed by atoms with E-state index in [1.165, 1.54) is 0 Å². The molecule has 0 bridgehead atoms. The molecule has 1 amide bonds. The van der Waals surface area contributed by atoms with Crippen LogP contribution in [0.2, 0.25) is 0 Å². The van der Waals surface area contributed by atoms with Gasteiger partial charge in [0.25, 0.3) is 5.91 Å². The van der Waals surface area contributed by atoms with Crippen molar-refractivity contribution in [3.05, 3.63) is 53.1 Å². The minimum atomic E-state index is -0.350. The number of imidazole rings is 1. The first-order valence-corrected chi connectivity index (χ1v) is 9.16. The highest BCUT2D eigenvalue weighted by molar-refractivity contribution is 6.03. The lowest BCUT2D eigenvalue weighted by Crippen LogP contribution is -2.37. The van der Waals surface area contributed by atoms with Crippen LogP contribution in [0.3, 0.4) is 0 Å². The molecule has 2 aromatic heterocycles. The van der Waals surface area contributed by atoms with Crippen molar-refractivity contribution in [1.82, 2.24) is 19.4 Å². The van der Waals surface area contributed by atoms with E-state index in [4.69, 9.17) is 10.5 Å². The Morgan fingerprint density at radius 3 is 2.89 bits per heavy atom. The molecule has 0 radical (unpaired) electrons. The summed E-state index contributed by atoms with van der Waals surface area (Å²) in [5.74, 6) is 0.395. The lowest BCUT2D eigenvalue weighted by atomic mass is 9.97. The van der Waals surface area contributed by atoms with Gasteiger partial charge in [0.05, 0.1) is 29.7 Å². The van der Waals surface area contributed by atoms with Crippen molar-refractivity contribution in [2.45, 2.75) is 26.8 Å². The van der Waals surface area contributed by atoms with Crippen LogP contribution in [-0.2, 0) is 17.7 Å². The Labute approximate surface area is 161 Å². The lowest BCUT2D eigenvalue weighted by Gasteiger charge is -2.28. The number of ether oxygens (including phenoxy) is 1. The van der Waals surface area contributed by atoms with Gasteiger partial charge in [-0.1, -0.05) is 0 Å². The maximum absolute atomic E-state index is 13.4. The summed E-state index contributed by atoms with van der Waals surface area (Å²) in [4.78, 5) is 35.7. The van der Waals surface area contributed by atoms with Gasteiger partial charge in [0.2, 0.25) is 0 Å². The number of rotatable bonds is 2. The number of nitrogens with zero attached hydrogens (tertiary/aromatic N) is 4. The smallest absolute Gasteiger partial charge is 0.410 e. The first-order chi connectivity index (χ1) is 13.5. The fourth-order valence-electron chi connectivity index (χ4n) is 3.64. The molecule has 4 rings (SSSR count). The Balaban J connectivity index is 1.73. The molecule has 8 heteroatoms. The third-order valence-corrected chi connectivity index (χ3v) is 4.95. The second-order valence-electron chi connectivity index (χ2n) is 6.74. The van der Waals surface area contributed by atoms with Crippen LogP contribution in [0.4, 0.5) is 10.5 Å². The van der Waals surface area contributed by atoms with Gasteiger partial charge in [-0.3, -0.25) is 14.3 Å². The molecule has 0 saturated heterocycles. The topological polar surface area (TPSA) is 103 Å². The lowest BCUT2D eigenvalue weighted by molar-refractivity contribution is 0.0958. The minimum absolute atomic E-state index is 0.195. The fourth-order valence-corrected chi connectivity index (χ4v) is 3.64. The van der Waals surface area contributed by atoms with E-state index in [0.29, 0.717) is 54.2 Å². The van der Waals surface area contributed by atoms with Crippen LogP contribution in [0, 0.1) is 6.92 Å². The molecule has 0 atom stereocenters. The number of hydrogen-bond donors (Lipinski definition) is 1. The summed E-state index contributed by atoms with van der Waals surface area (Å²) in [6.07, 6.45) is 3.50. The Hall–Kier alpha value is -3.42. The van der Waals surface area contributed by atoms with Crippen molar-refractivity contribution in [1.29, 1.82) is 0 Å². The van der Waals surface area contributed by atoms with E-state index in [2.05, 4.69) is 9.97 Å². The van der Waals surface area contributed by atoms with E-state index in [1.807, 2.05) is 0 Å².